The number of thioether (sulfide) groups is 1. The van der Waals surface area contributed by atoms with Gasteiger partial charge in [-0.15, -0.1) is 11.8 Å². The Labute approximate surface area is 154 Å². The molecule has 0 spiro atoms. The van der Waals surface area contributed by atoms with Gasteiger partial charge in [0.2, 0.25) is 0 Å². The second kappa shape index (κ2) is 7.06. The molecule has 7 heteroatoms. The molecule has 1 fully saturated rings. The van der Waals surface area contributed by atoms with Crippen molar-refractivity contribution in [2.24, 2.45) is 0 Å². The van der Waals surface area contributed by atoms with Crippen molar-refractivity contribution in [3.05, 3.63) is 58.0 Å². The predicted molar refractivity (Wildman–Crippen MR) is 101 cm³/mol. The van der Waals surface area contributed by atoms with Crippen LogP contribution in [-0.4, -0.2) is 28.3 Å². The van der Waals surface area contributed by atoms with Gasteiger partial charge in [-0.3, -0.25) is 4.79 Å². The lowest BCUT2D eigenvalue weighted by atomic mass is 10.1. The van der Waals surface area contributed by atoms with Crippen LogP contribution in [0.1, 0.15) is 12.8 Å². The molecular formula is C18H16ClN3O2S. The van der Waals surface area contributed by atoms with Crippen molar-refractivity contribution >= 4 is 40.3 Å². The topological polar surface area (TPSA) is 59.2 Å². The normalized spacial score (nSPS) is 15.6. The van der Waals surface area contributed by atoms with Gasteiger partial charge in [0.25, 0.3) is 5.56 Å². The molecule has 0 bridgehead atoms. The first kappa shape index (κ1) is 16.4. The van der Waals surface area contributed by atoms with Gasteiger partial charge in [-0.1, -0.05) is 29.8 Å². The van der Waals surface area contributed by atoms with Gasteiger partial charge in [-0.25, -0.2) is 4.98 Å². The van der Waals surface area contributed by atoms with E-state index in [9.17, 15) is 4.79 Å². The summed E-state index contributed by atoms with van der Waals surface area (Å²) in [5.74, 6) is 0. The van der Waals surface area contributed by atoms with Crippen molar-refractivity contribution in [2.45, 2.75) is 23.1 Å². The minimum atomic E-state index is -0.239. The minimum Gasteiger partial charge on any atom is -0.425 e. The number of hydrogen-bond donors (Lipinski definition) is 0. The van der Waals surface area contributed by atoms with E-state index in [1.54, 1.807) is 30.0 Å². The molecule has 25 heavy (non-hydrogen) atoms. The standard InChI is InChI=1S/C18H16ClN3O2S/c19-15-6-3-7-16(20-15)25-12-8-10-22(11-9-12)18-21-17(23)13-4-1-2-5-14(13)24-18/h1-7,12H,8-11H2. The van der Waals surface area contributed by atoms with Crippen molar-refractivity contribution < 1.29 is 4.42 Å². The van der Waals surface area contributed by atoms with Crippen LogP contribution >= 0.6 is 23.4 Å². The van der Waals surface area contributed by atoms with E-state index in [2.05, 4.69) is 9.97 Å². The number of piperidine rings is 1. The van der Waals surface area contributed by atoms with Gasteiger partial charge in [0.15, 0.2) is 0 Å². The number of rotatable bonds is 3. The van der Waals surface area contributed by atoms with Crippen LogP contribution in [0.4, 0.5) is 6.01 Å². The summed E-state index contributed by atoms with van der Waals surface area (Å²) < 4.78 is 5.83. The summed E-state index contributed by atoms with van der Waals surface area (Å²) in [6.45, 7) is 1.60. The van der Waals surface area contributed by atoms with Crippen molar-refractivity contribution in [1.82, 2.24) is 9.97 Å². The maximum atomic E-state index is 12.2. The molecule has 2 aromatic heterocycles. The molecule has 0 N–H and O–H groups in total. The van der Waals surface area contributed by atoms with Gasteiger partial charge >= 0.3 is 6.01 Å². The lowest BCUT2D eigenvalue weighted by Crippen LogP contribution is -2.36. The Kier molecular flexibility index (Phi) is 4.63. The van der Waals surface area contributed by atoms with Gasteiger partial charge in [0.1, 0.15) is 10.7 Å². The maximum absolute atomic E-state index is 12.2. The molecule has 1 saturated heterocycles. The van der Waals surface area contributed by atoms with Crippen LogP contribution in [0.25, 0.3) is 11.0 Å². The largest absolute Gasteiger partial charge is 0.425 e. The Morgan fingerprint density at radius 2 is 1.88 bits per heavy atom. The molecule has 0 atom stereocenters. The molecule has 128 valence electrons. The summed E-state index contributed by atoms with van der Waals surface area (Å²) in [6.07, 6.45) is 1.94. The van der Waals surface area contributed by atoms with E-state index in [1.165, 1.54) is 0 Å². The average Bonchev–Trinajstić information content (AvgIpc) is 2.62. The first-order chi connectivity index (χ1) is 12.2. The van der Waals surface area contributed by atoms with Gasteiger partial charge in [0, 0.05) is 18.3 Å². The number of benzene rings is 1. The number of para-hydroxylation sites is 1. The molecule has 1 aromatic carbocycles. The molecule has 0 amide bonds. The van der Waals surface area contributed by atoms with Crippen LogP contribution in [-0.2, 0) is 0 Å². The van der Waals surface area contributed by atoms with Crippen LogP contribution in [0.15, 0.2) is 56.7 Å². The molecule has 3 aromatic rings. The molecular weight excluding hydrogens is 358 g/mol. The molecule has 4 rings (SSSR count). The number of fused-ring (bicyclic) bond motifs is 1. The van der Waals surface area contributed by atoms with Crippen LogP contribution < -0.4 is 10.5 Å². The van der Waals surface area contributed by atoms with Crippen LogP contribution in [0.5, 0.6) is 0 Å². The minimum absolute atomic E-state index is 0.239. The van der Waals surface area contributed by atoms with Crippen molar-refractivity contribution in [3.63, 3.8) is 0 Å². The van der Waals surface area contributed by atoms with E-state index >= 15 is 0 Å². The van der Waals surface area contributed by atoms with Crippen LogP contribution in [0.2, 0.25) is 5.15 Å². The second-order valence-corrected chi connectivity index (χ2v) is 7.61. The smallest absolute Gasteiger partial charge is 0.301 e. The maximum Gasteiger partial charge on any atom is 0.301 e. The van der Waals surface area contributed by atoms with E-state index in [4.69, 9.17) is 16.0 Å². The number of pyridine rings is 1. The Balaban J connectivity index is 1.46. The zero-order valence-corrected chi connectivity index (χ0v) is 15.0. The molecule has 1 aliphatic heterocycles. The number of hydrogen-bond acceptors (Lipinski definition) is 6. The molecule has 0 aliphatic carbocycles. The van der Waals surface area contributed by atoms with Gasteiger partial charge in [0.05, 0.1) is 10.4 Å². The zero-order chi connectivity index (χ0) is 17.2. The third kappa shape index (κ3) is 3.65. The summed E-state index contributed by atoms with van der Waals surface area (Å²) in [4.78, 5) is 22.6. The number of nitrogens with zero attached hydrogens (tertiary/aromatic N) is 3. The second-order valence-electron chi connectivity index (χ2n) is 5.90. The quantitative estimate of drug-likeness (QED) is 0.647. The van der Waals surface area contributed by atoms with E-state index in [0.717, 1.165) is 31.0 Å². The third-order valence-electron chi connectivity index (χ3n) is 4.21. The van der Waals surface area contributed by atoms with Gasteiger partial charge in [-0.2, -0.15) is 4.98 Å². The molecule has 0 saturated carbocycles. The van der Waals surface area contributed by atoms with E-state index in [1.807, 2.05) is 29.2 Å². The fourth-order valence-corrected chi connectivity index (χ4v) is 4.24. The highest BCUT2D eigenvalue weighted by molar-refractivity contribution is 7.99. The first-order valence-electron chi connectivity index (χ1n) is 8.13. The SMILES string of the molecule is O=c1nc(N2CCC(Sc3cccc(Cl)n3)CC2)oc2ccccc12. The Morgan fingerprint density at radius 3 is 2.68 bits per heavy atom. The highest BCUT2D eigenvalue weighted by Crippen LogP contribution is 2.31. The summed E-state index contributed by atoms with van der Waals surface area (Å²) in [6, 6.07) is 13.3. The molecule has 1 aliphatic rings. The lowest BCUT2D eigenvalue weighted by Gasteiger charge is -2.30. The fourth-order valence-electron chi connectivity index (χ4n) is 2.93. The molecule has 3 heterocycles. The van der Waals surface area contributed by atoms with E-state index < -0.39 is 0 Å². The first-order valence-corrected chi connectivity index (χ1v) is 9.39. The Bertz CT molecular complexity index is 954. The summed E-state index contributed by atoms with van der Waals surface area (Å²) in [5.41, 5.74) is 0.341. The molecule has 5 nitrogen and oxygen atoms in total. The van der Waals surface area contributed by atoms with E-state index in [-0.39, 0.29) is 5.56 Å². The number of halogens is 1. The third-order valence-corrected chi connectivity index (χ3v) is 5.69. The van der Waals surface area contributed by atoms with Crippen molar-refractivity contribution in [2.75, 3.05) is 18.0 Å². The highest BCUT2D eigenvalue weighted by Gasteiger charge is 2.23. The van der Waals surface area contributed by atoms with Crippen molar-refractivity contribution in [3.8, 4) is 0 Å². The van der Waals surface area contributed by atoms with Gasteiger partial charge < -0.3 is 9.32 Å². The molecule has 0 unspecified atom stereocenters. The predicted octanol–water partition coefficient (Wildman–Crippen LogP) is 4.00. The summed E-state index contributed by atoms with van der Waals surface area (Å²) in [7, 11) is 0. The lowest BCUT2D eigenvalue weighted by molar-refractivity contribution is 0.502. The fraction of sp³-hybridized carbons (Fsp3) is 0.278. The molecule has 0 radical (unpaired) electrons. The van der Waals surface area contributed by atoms with Crippen LogP contribution in [0.3, 0.4) is 0 Å². The monoisotopic (exact) mass is 373 g/mol. The zero-order valence-electron chi connectivity index (χ0n) is 13.4. The number of aromatic nitrogens is 2. The Hall–Kier alpha value is -2.05. The van der Waals surface area contributed by atoms with Gasteiger partial charge in [-0.05, 0) is 37.1 Å². The Morgan fingerprint density at radius 1 is 1.08 bits per heavy atom. The van der Waals surface area contributed by atoms with Crippen molar-refractivity contribution in [1.29, 1.82) is 0 Å². The summed E-state index contributed by atoms with van der Waals surface area (Å²) in [5, 5.41) is 2.45. The average molecular weight is 374 g/mol. The highest BCUT2D eigenvalue weighted by atomic mass is 35.5. The van der Waals surface area contributed by atoms with Crippen LogP contribution in [0, 0.1) is 0 Å². The summed E-state index contributed by atoms with van der Waals surface area (Å²) >= 11 is 7.69. The van der Waals surface area contributed by atoms with E-state index in [0.29, 0.717) is 27.4 Å². The number of anilines is 1.